The molecule has 136 valence electrons. The van der Waals surface area contributed by atoms with Gasteiger partial charge < -0.3 is 20.3 Å². The summed E-state index contributed by atoms with van der Waals surface area (Å²) in [5.74, 6) is 0.590. The minimum Gasteiger partial charge on any atom is -0.391 e. The molecule has 2 aromatic heterocycles. The van der Waals surface area contributed by atoms with Crippen LogP contribution in [0.15, 0.2) is 12.7 Å². The Labute approximate surface area is 147 Å². The largest absolute Gasteiger partial charge is 0.391 e. The first-order valence-corrected chi connectivity index (χ1v) is 8.96. The summed E-state index contributed by atoms with van der Waals surface area (Å²) in [7, 11) is 0. The highest BCUT2D eigenvalue weighted by Gasteiger charge is 2.31. The van der Waals surface area contributed by atoms with Crippen LogP contribution in [-0.2, 0) is 4.79 Å². The number of aliphatic hydroxyl groups is 1. The fourth-order valence-electron chi connectivity index (χ4n) is 3.63. The van der Waals surface area contributed by atoms with Crippen molar-refractivity contribution < 1.29 is 9.90 Å². The summed E-state index contributed by atoms with van der Waals surface area (Å²) in [6.07, 6.45) is 5.39. The fourth-order valence-corrected chi connectivity index (χ4v) is 3.63. The molecule has 1 fully saturated rings. The Hall–Kier alpha value is -2.22. The van der Waals surface area contributed by atoms with E-state index in [-0.39, 0.29) is 17.9 Å². The van der Waals surface area contributed by atoms with Crippen molar-refractivity contribution in [1.29, 1.82) is 0 Å². The molecule has 2 atom stereocenters. The van der Waals surface area contributed by atoms with Crippen molar-refractivity contribution in [3.8, 4) is 0 Å². The molecule has 3 rings (SSSR count). The number of carbonyl (C=O) groups excluding carboxylic acids is 1. The summed E-state index contributed by atoms with van der Waals surface area (Å²) in [5, 5.41) is 10.6. The van der Waals surface area contributed by atoms with E-state index < -0.39 is 6.10 Å². The van der Waals surface area contributed by atoms with Crippen LogP contribution in [0.25, 0.3) is 11.2 Å². The van der Waals surface area contributed by atoms with Crippen LogP contribution in [0.3, 0.4) is 0 Å². The smallest absolute Gasteiger partial charge is 0.225 e. The lowest BCUT2D eigenvalue weighted by Gasteiger charge is -2.25. The second-order valence-corrected chi connectivity index (χ2v) is 6.63. The number of hydrogen-bond acceptors (Lipinski definition) is 6. The molecule has 0 unspecified atom stereocenters. The third-order valence-corrected chi connectivity index (χ3v) is 5.22. The van der Waals surface area contributed by atoms with Crippen molar-refractivity contribution in [1.82, 2.24) is 24.4 Å². The molecule has 1 aliphatic heterocycles. The molecule has 3 N–H and O–H groups in total. The van der Waals surface area contributed by atoms with Gasteiger partial charge in [-0.15, -0.1) is 0 Å². The molecular weight excluding hydrogens is 320 g/mol. The molecule has 0 spiro atoms. The predicted octanol–water partition coefficient (Wildman–Crippen LogP) is 1.37. The van der Waals surface area contributed by atoms with Gasteiger partial charge in [0, 0.05) is 19.0 Å². The Morgan fingerprint density at radius 3 is 2.72 bits per heavy atom. The number of nitrogens with zero attached hydrogens (tertiary/aromatic N) is 5. The van der Waals surface area contributed by atoms with Crippen LogP contribution in [0.1, 0.15) is 45.6 Å². The summed E-state index contributed by atoms with van der Waals surface area (Å²) >= 11 is 0. The van der Waals surface area contributed by atoms with Crippen molar-refractivity contribution in [3.05, 3.63) is 12.7 Å². The molecule has 1 aliphatic rings. The van der Waals surface area contributed by atoms with E-state index in [9.17, 15) is 9.90 Å². The number of aromatic nitrogens is 4. The van der Waals surface area contributed by atoms with E-state index in [1.165, 1.54) is 6.33 Å². The number of anilines is 1. The lowest BCUT2D eigenvalue weighted by molar-refractivity contribution is -0.135. The number of hydrogen-bond donors (Lipinski definition) is 2. The molecular formula is C17H26N6O2. The zero-order valence-electron chi connectivity index (χ0n) is 14.8. The number of likely N-dealkylation sites (tertiary alicyclic amines) is 1. The van der Waals surface area contributed by atoms with Crippen LogP contribution in [0.5, 0.6) is 0 Å². The van der Waals surface area contributed by atoms with Crippen molar-refractivity contribution >= 4 is 22.9 Å². The Morgan fingerprint density at radius 2 is 2.00 bits per heavy atom. The standard InChI is InChI=1S/C17H26N6O2/c1-3-11(4-2)17(25)22-7-5-12(13(24)6-8-22)23-10-21-14-15(18)19-9-20-16(14)23/h9-13,24H,3-8H2,1-2H3,(H2,18,19,20)/t12-,13-/m0/s1. The topological polar surface area (TPSA) is 110 Å². The van der Waals surface area contributed by atoms with Crippen LogP contribution in [0, 0.1) is 5.92 Å². The molecule has 8 nitrogen and oxygen atoms in total. The van der Waals surface area contributed by atoms with Crippen LogP contribution in [-0.4, -0.2) is 54.6 Å². The average Bonchev–Trinajstić information content (AvgIpc) is 2.94. The van der Waals surface area contributed by atoms with E-state index in [1.54, 1.807) is 6.33 Å². The van der Waals surface area contributed by atoms with E-state index in [1.807, 2.05) is 23.3 Å². The second kappa shape index (κ2) is 7.35. The first-order chi connectivity index (χ1) is 12.1. The first kappa shape index (κ1) is 17.6. The number of rotatable bonds is 4. The third-order valence-electron chi connectivity index (χ3n) is 5.22. The van der Waals surface area contributed by atoms with E-state index in [4.69, 9.17) is 5.73 Å². The Bertz CT molecular complexity index is 742. The summed E-state index contributed by atoms with van der Waals surface area (Å²) in [5.41, 5.74) is 7.01. The second-order valence-electron chi connectivity index (χ2n) is 6.63. The van der Waals surface area contributed by atoms with E-state index >= 15 is 0 Å². The Balaban J connectivity index is 1.82. The van der Waals surface area contributed by atoms with Crippen LogP contribution in [0.4, 0.5) is 5.82 Å². The molecule has 25 heavy (non-hydrogen) atoms. The Kier molecular flexibility index (Phi) is 5.17. The quantitative estimate of drug-likeness (QED) is 0.865. The maximum atomic E-state index is 12.7. The van der Waals surface area contributed by atoms with Gasteiger partial charge in [0.15, 0.2) is 11.5 Å². The van der Waals surface area contributed by atoms with E-state index in [2.05, 4.69) is 15.0 Å². The van der Waals surface area contributed by atoms with Gasteiger partial charge in [0.1, 0.15) is 11.8 Å². The van der Waals surface area contributed by atoms with Crippen molar-refractivity contribution in [2.75, 3.05) is 18.8 Å². The maximum absolute atomic E-state index is 12.7. The van der Waals surface area contributed by atoms with Gasteiger partial charge in [0.05, 0.1) is 18.5 Å². The van der Waals surface area contributed by atoms with Gasteiger partial charge in [0.2, 0.25) is 5.91 Å². The minimum atomic E-state index is -0.562. The number of nitrogens with two attached hydrogens (primary N) is 1. The molecule has 0 aliphatic carbocycles. The summed E-state index contributed by atoms with van der Waals surface area (Å²) in [6, 6.07) is -0.182. The number of imidazole rings is 1. The molecule has 0 bridgehead atoms. The normalized spacial score (nSPS) is 21.7. The van der Waals surface area contributed by atoms with Crippen molar-refractivity contribution in [2.24, 2.45) is 5.92 Å². The predicted molar refractivity (Wildman–Crippen MR) is 94.7 cm³/mol. The molecule has 0 aromatic carbocycles. The van der Waals surface area contributed by atoms with Gasteiger partial charge in [-0.3, -0.25) is 4.79 Å². The first-order valence-electron chi connectivity index (χ1n) is 8.96. The van der Waals surface area contributed by atoms with Gasteiger partial charge in [-0.25, -0.2) is 15.0 Å². The highest BCUT2D eigenvalue weighted by molar-refractivity contribution is 5.81. The van der Waals surface area contributed by atoms with Crippen molar-refractivity contribution in [3.63, 3.8) is 0 Å². The zero-order chi connectivity index (χ0) is 18.0. The number of aliphatic hydroxyl groups excluding tert-OH is 1. The van der Waals surface area contributed by atoms with E-state index in [0.29, 0.717) is 42.9 Å². The molecule has 1 saturated heterocycles. The number of nitrogen functional groups attached to an aromatic ring is 1. The number of fused-ring (bicyclic) bond motifs is 1. The third kappa shape index (κ3) is 3.30. The number of amides is 1. The molecule has 0 saturated carbocycles. The van der Waals surface area contributed by atoms with Crippen molar-refractivity contribution in [2.45, 2.75) is 51.7 Å². The zero-order valence-corrected chi connectivity index (χ0v) is 14.8. The summed E-state index contributed by atoms with van der Waals surface area (Å²) in [4.78, 5) is 27.1. The molecule has 2 aromatic rings. The molecule has 8 heteroatoms. The van der Waals surface area contributed by atoms with Gasteiger partial charge in [-0.2, -0.15) is 0 Å². The van der Waals surface area contributed by atoms with E-state index in [0.717, 1.165) is 12.8 Å². The van der Waals surface area contributed by atoms with Crippen LogP contribution < -0.4 is 5.73 Å². The van der Waals surface area contributed by atoms with Gasteiger partial charge in [0.25, 0.3) is 0 Å². The van der Waals surface area contributed by atoms with Crippen LogP contribution >= 0.6 is 0 Å². The summed E-state index contributed by atoms with van der Waals surface area (Å²) < 4.78 is 1.86. The van der Waals surface area contributed by atoms with Gasteiger partial charge >= 0.3 is 0 Å². The SMILES string of the molecule is CCC(CC)C(=O)N1CC[C@H](O)[C@@H](n2cnc3c(N)ncnc32)CC1. The fraction of sp³-hybridized carbons (Fsp3) is 0.647. The molecule has 3 heterocycles. The summed E-state index contributed by atoms with van der Waals surface area (Å²) in [6.45, 7) is 5.29. The lowest BCUT2D eigenvalue weighted by atomic mass is 10.0. The minimum absolute atomic E-state index is 0.0651. The molecule has 0 radical (unpaired) electrons. The van der Waals surface area contributed by atoms with Gasteiger partial charge in [-0.1, -0.05) is 13.8 Å². The molecule has 1 amide bonds. The maximum Gasteiger partial charge on any atom is 0.225 e. The average molecular weight is 346 g/mol. The highest BCUT2D eigenvalue weighted by atomic mass is 16.3. The monoisotopic (exact) mass is 346 g/mol. The number of carbonyl (C=O) groups is 1. The van der Waals surface area contributed by atoms with Crippen LogP contribution in [0.2, 0.25) is 0 Å². The van der Waals surface area contributed by atoms with Gasteiger partial charge in [-0.05, 0) is 25.7 Å². The lowest BCUT2D eigenvalue weighted by Crippen LogP contribution is -2.36. The highest BCUT2D eigenvalue weighted by Crippen LogP contribution is 2.28. The Morgan fingerprint density at radius 1 is 1.28 bits per heavy atom.